The summed E-state index contributed by atoms with van der Waals surface area (Å²) in [6.07, 6.45) is 0.784. The second-order valence-corrected chi connectivity index (χ2v) is 2.26. The maximum atomic E-state index is 12.9. The highest BCUT2D eigenvalue weighted by Crippen LogP contribution is 2.22. The third-order valence-electron chi connectivity index (χ3n) is 1.61. The number of halogens is 1. The van der Waals surface area contributed by atoms with E-state index in [9.17, 15) is 4.39 Å². The van der Waals surface area contributed by atoms with Crippen LogP contribution in [0.25, 0.3) is 0 Å². The Hall–Kier alpha value is -1.18. The Morgan fingerprint density at radius 3 is 2.73 bits per heavy atom. The van der Waals surface area contributed by atoms with Gasteiger partial charge in [0, 0.05) is 0 Å². The highest BCUT2D eigenvalue weighted by atomic mass is 19.1. The topological polar surface area (TPSA) is 12.4 Å². The molecule has 0 aliphatic carbocycles. The van der Waals surface area contributed by atoms with Gasteiger partial charge >= 0.3 is 0 Å². The zero-order valence-corrected chi connectivity index (χ0v) is 6.47. The fourth-order valence-electron chi connectivity index (χ4n) is 1.02. The third-order valence-corrected chi connectivity index (χ3v) is 1.61. The summed E-state index contributed by atoms with van der Waals surface area (Å²) in [7, 11) is 0. The average Bonchev–Trinajstić information content (AvgIpc) is 2.04. The van der Waals surface area contributed by atoms with Crippen LogP contribution in [0.4, 0.5) is 10.1 Å². The molecular weight excluding hydrogens is 141 g/mol. The van der Waals surface area contributed by atoms with E-state index in [1.165, 1.54) is 6.07 Å². The van der Waals surface area contributed by atoms with Crippen molar-refractivity contribution in [2.24, 2.45) is 4.99 Å². The van der Waals surface area contributed by atoms with Crippen LogP contribution in [0.2, 0.25) is 0 Å². The normalized spacial score (nSPS) is 9.64. The van der Waals surface area contributed by atoms with E-state index in [0.29, 0.717) is 5.69 Å². The number of benzene rings is 1. The number of hydrogen-bond donors (Lipinski definition) is 0. The van der Waals surface area contributed by atoms with Crippen LogP contribution >= 0.6 is 0 Å². The van der Waals surface area contributed by atoms with Gasteiger partial charge in [0.25, 0.3) is 0 Å². The molecule has 1 aromatic rings. The van der Waals surface area contributed by atoms with Crippen LogP contribution in [0.1, 0.15) is 12.5 Å². The lowest BCUT2D eigenvalue weighted by atomic mass is 10.1. The lowest BCUT2D eigenvalue weighted by Crippen LogP contribution is -1.84. The zero-order chi connectivity index (χ0) is 8.27. The van der Waals surface area contributed by atoms with Crippen LogP contribution in [-0.2, 0) is 6.42 Å². The lowest BCUT2D eigenvalue weighted by Gasteiger charge is -2.01. The Labute approximate surface area is 65.6 Å². The molecule has 0 spiro atoms. The van der Waals surface area contributed by atoms with Gasteiger partial charge in [-0.2, -0.15) is 0 Å². The van der Waals surface area contributed by atoms with Gasteiger partial charge in [0.1, 0.15) is 11.5 Å². The molecule has 0 heterocycles. The van der Waals surface area contributed by atoms with Crippen molar-refractivity contribution in [2.45, 2.75) is 13.3 Å². The Bertz CT molecular complexity index is 268. The first-order chi connectivity index (χ1) is 5.29. The van der Waals surface area contributed by atoms with E-state index in [0.717, 1.165) is 12.0 Å². The summed E-state index contributed by atoms with van der Waals surface area (Å²) in [5.74, 6) is -0.292. The van der Waals surface area contributed by atoms with Crippen molar-refractivity contribution in [3.05, 3.63) is 29.6 Å². The predicted octanol–water partition coefficient (Wildman–Crippen LogP) is 2.72. The van der Waals surface area contributed by atoms with Gasteiger partial charge in [-0.25, -0.2) is 4.39 Å². The summed E-state index contributed by atoms with van der Waals surface area (Å²) < 4.78 is 12.9. The van der Waals surface area contributed by atoms with Crippen molar-refractivity contribution < 1.29 is 4.39 Å². The summed E-state index contributed by atoms with van der Waals surface area (Å²) in [4.78, 5) is 3.62. The molecule has 1 rings (SSSR count). The molecule has 0 atom stereocenters. The minimum atomic E-state index is -0.292. The largest absolute Gasteiger partial charge is 0.261 e. The van der Waals surface area contributed by atoms with Crippen molar-refractivity contribution in [1.82, 2.24) is 0 Å². The molecular formula is C9H10FN. The van der Waals surface area contributed by atoms with Crippen LogP contribution in [0.3, 0.4) is 0 Å². The number of nitrogens with zero attached hydrogens (tertiary/aromatic N) is 1. The van der Waals surface area contributed by atoms with Gasteiger partial charge in [0.2, 0.25) is 0 Å². The Kier molecular flexibility index (Phi) is 2.36. The van der Waals surface area contributed by atoms with Gasteiger partial charge in [-0.1, -0.05) is 19.1 Å². The molecule has 0 radical (unpaired) electrons. The summed E-state index contributed by atoms with van der Waals surface area (Å²) in [6.45, 7) is 5.27. The Morgan fingerprint density at radius 2 is 2.27 bits per heavy atom. The Balaban J connectivity index is 3.24. The molecule has 11 heavy (non-hydrogen) atoms. The number of aryl methyl sites for hydroxylation is 1. The first-order valence-corrected chi connectivity index (χ1v) is 3.53. The molecule has 0 fully saturated rings. The molecule has 0 N–H and O–H groups in total. The van der Waals surface area contributed by atoms with Crippen LogP contribution in [-0.4, -0.2) is 6.72 Å². The van der Waals surface area contributed by atoms with E-state index < -0.39 is 0 Å². The fourth-order valence-corrected chi connectivity index (χ4v) is 1.02. The molecule has 0 saturated heterocycles. The van der Waals surface area contributed by atoms with Crippen LogP contribution in [0.5, 0.6) is 0 Å². The van der Waals surface area contributed by atoms with Gasteiger partial charge in [0.05, 0.1) is 0 Å². The van der Waals surface area contributed by atoms with E-state index >= 15 is 0 Å². The number of rotatable bonds is 2. The SMILES string of the molecule is C=Nc1c(F)cccc1CC. The maximum absolute atomic E-state index is 12.9. The monoisotopic (exact) mass is 151 g/mol. The van der Waals surface area contributed by atoms with Crippen LogP contribution < -0.4 is 0 Å². The second-order valence-electron chi connectivity index (χ2n) is 2.26. The van der Waals surface area contributed by atoms with Gasteiger partial charge in [0.15, 0.2) is 0 Å². The average molecular weight is 151 g/mol. The maximum Gasteiger partial charge on any atom is 0.149 e. The smallest absolute Gasteiger partial charge is 0.149 e. The first-order valence-electron chi connectivity index (χ1n) is 3.53. The van der Waals surface area contributed by atoms with Crippen molar-refractivity contribution in [2.75, 3.05) is 0 Å². The number of para-hydroxylation sites is 1. The van der Waals surface area contributed by atoms with E-state index in [1.54, 1.807) is 6.07 Å². The molecule has 0 amide bonds. The highest BCUT2D eigenvalue weighted by Gasteiger charge is 2.02. The van der Waals surface area contributed by atoms with Crippen molar-refractivity contribution in [3.63, 3.8) is 0 Å². The molecule has 58 valence electrons. The summed E-state index contributed by atoms with van der Waals surface area (Å²) in [6, 6.07) is 4.93. The fraction of sp³-hybridized carbons (Fsp3) is 0.222. The van der Waals surface area contributed by atoms with Crippen molar-refractivity contribution in [3.8, 4) is 0 Å². The lowest BCUT2D eigenvalue weighted by molar-refractivity contribution is 0.628. The van der Waals surface area contributed by atoms with Crippen LogP contribution in [0.15, 0.2) is 23.2 Å². The minimum Gasteiger partial charge on any atom is -0.261 e. The minimum absolute atomic E-state index is 0.292. The van der Waals surface area contributed by atoms with Crippen molar-refractivity contribution >= 4 is 12.4 Å². The van der Waals surface area contributed by atoms with Gasteiger partial charge in [-0.05, 0) is 24.8 Å². The van der Waals surface area contributed by atoms with Crippen molar-refractivity contribution in [1.29, 1.82) is 0 Å². The molecule has 0 aliphatic rings. The summed E-state index contributed by atoms with van der Waals surface area (Å²) in [5, 5.41) is 0. The van der Waals surface area contributed by atoms with E-state index in [2.05, 4.69) is 11.7 Å². The zero-order valence-electron chi connectivity index (χ0n) is 6.47. The van der Waals surface area contributed by atoms with E-state index in [-0.39, 0.29) is 5.82 Å². The summed E-state index contributed by atoms with van der Waals surface area (Å²) in [5.41, 5.74) is 1.29. The van der Waals surface area contributed by atoms with Gasteiger partial charge in [-0.15, -0.1) is 0 Å². The summed E-state index contributed by atoms with van der Waals surface area (Å²) >= 11 is 0. The standard InChI is InChI=1S/C9H10FN/c1-3-7-5-4-6-8(10)9(7)11-2/h4-6H,2-3H2,1H3. The van der Waals surface area contributed by atoms with Gasteiger partial charge < -0.3 is 0 Å². The first kappa shape index (κ1) is 7.92. The highest BCUT2D eigenvalue weighted by molar-refractivity contribution is 5.52. The molecule has 0 aromatic heterocycles. The second kappa shape index (κ2) is 3.28. The molecule has 0 saturated carbocycles. The molecule has 0 unspecified atom stereocenters. The molecule has 2 heteroatoms. The molecule has 1 aromatic carbocycles. The number of hydrogen-bond acceptors (Lipinski definition) is 1. The van der Waals surface area contributed by atoms with Gasteiger partial charge in [-0.3, -0.25) is 4.99 Å². The molecule has 0 aliphatic heterocycles. The Morgan fingerprint density at radius 1 is 1.55 bits per heavy atom. The van der Waals surface area contributed by atoms with Crippen LogP contribution in [0, 0.1) is 5.82 Å². The third kappa shape index (κ3) is 1.45. The predicted molar refractivity (Wildman–Crippen MR) is 45.0 cm³/mol. The number of aliphatic imine (C=N–C) groups is 1. The van der Waals surface area contributed by atoms with E-state index in [1.807, 2.05) is 13.0 Å². The molecule has 0 bridgehead atoms. The van der Waals surface area contributed by atoms with E-state index in [4.69, 9.17) is 0 Å². The molecule has 1 nitrogen and oxygen atoms in total. The quantitative estimate of drug-likeness (QED) is 0.576.